The number of benzene rings is 1. The van der Waals surface area contributed by atoms with E-state index < -0.39 is 23.3 Å². The molecule has 1 fully saturated rings. The molecule has 2 unspecified atom stereocenters. The fourth-order valence-electron chi connectivity index (χ4n) is 3.48. The lowest BCUT2D eigenvalue weighted by atomic mass is 9.82. The Balaban J connectivity index is 1.78. The van der Waals surface area contributed by atoms with E-state index in [1.165, 1.54) is 36.5 Å². The van der Waals surface area contributed by atoms with Gasteiger partial charge in [0.1, 0.15) is 23.6 Å². The zero-order valence-corrected chi connectivity index (χ0v) is 19.0. The number of halogens is 2. The van der Waals surface area contributed by atoms with Gasteiger partial charge in [0.05, 0.1) is 6.61 Å². The molecule has 172 valence electrons. The number of carbonyl (C=O) groups excluding carboxylic acids is 1. The summed E-state index contributed by atoms with van der Waals surface area (Å²) in [4.78, 5) is 23.4. The Bertz CT molecular complexity index is 983. The number of thioether (sulfide) groups is 1. The van der Waals surface area contributed by atoms with Crippen molar-refractivity contribution in [2.24, 2.45) is 16.6 Å². The van der Waals surface area contributed by atoms with Gasteiger partial charge in [-0.25, -0.2) is 23.5 Å². The highest BCUT2D eigenvalue weighted by Gasteiger charge is 2.30. The van der Waals surface area contributed by atoms with Crippen molar-refractivity contribution in [2.75, 3.05) is 19.0 Å². The highest BCUT2D eigenvalue weighted by atomic mass is 32.2. The largest absolute Gasteiger partial charge is 0.442 e. The number of amidine groups is 1. The van der Waals surface area contributed by atoms with Gasteiger partial charge in [0.2, 0.25) is 0 Å². The molecule has 0 radical (unpaired) electrons. The number of nitrogens with two attached hydrogens (primary N) is 1. The molecule has 1 saturated heterocycles. The number of rotatable bonds is 4. The first-order chi connectivity index (χ1) is 15.1. The Morgan fingerprint density at radius 1 is 1.28 bits per heavy atom. The molecule has 1 aliphatic rings. The van der Waals surface area contributed by atoms with E-state index in [0.29, 0.717) is 36.5 Å². The number of amides is 1. The molecule has 2 aromatic rings. The SMILES string of the molecule is CC(C)(C)OC(=O)N=C(N)SCC1COCCC1c1cc(-c2cncnc2)c(F)cc1F. The predicted octanol–water partition coefficient (Wildman–Crippen LogP) is 4.52. The maximum absolute atomic E-state index is 14.8. The zero-order chi connectivity index (χ0) is 23.3. The normalized spacial score (nSPS) is 19.6. The quantitative estimate of drug-likeness (QED) is 0.524. The summed E-state index contributed by atoms with van der Waals surface area (Å²) in [6.07, 6.45) is 4.12. The van der Waals surface area contributed by atoms with E-state index in [-0.39, 0.29) is 22.6 Å². The molecular weight excluding hydrogens is 438 g/mol. The number of hydrogen-bond acceptors (Lipinski definition) is 6. The summed E-state index contributed by atoms with van der Waals surface area (Å²) >= 11 is 1.18. The Kier molecular flexibility index (Phi) is 7.78. The van der Waals surface area contributed by atoms with E-state index in [4.69, 9.17) is 15.2 Å². The minimum absolute atomic E-state index is 0.0604. The van der Waals surface area contributed by atoms with Crippen LogP contribution in [-0.2, 0) is 9.47 Å². The molecule has 2 heterocycles. The van der Waals surface area contributed by atoms with Gasteiger partial charge < -0.3 is 15.2 Å². The number of aliphatic imine (C=N–C) groups is 1. The second kappa shape index (κ2) is 10.4. The average Bonchev–Trinajstić information content (AvgIpc) is 2.72. The molecule has 7 nitrogen and oxygen atoms in total. The fraction of sp³-hybridized carbons (Fsp3) is 0.455. The van der Waals surface area contributed by atoms with Gasteiger partial charge in [-0.2, -0.15) is 4.99 Å². The van der Waals surface area contributed by atoms with Crippen LogP contribution in [0.1, 0.15) is 38.7 Å². The third-order valence-electron chi connectivity index (χ3n) is 4.87. The number of ether oxygens (including phenoxy) is 2. The molecule has 0 spiro atoms. The first-order valence-corrected chi connectivity index (χ1v) is 11.1. The van der Waals surface area contributed by atoms with Crippen molar-refractivity contribution in [1.82, 2.24) is 9.97 Å². The van der Waals surface area contributed by atoms with Crippen molar-refractivity contribution in [2.45, 2.75) is 38.7 Å². The summed E-state index contributed by atoms with van der Waals surface area (Å²) in [7, 11) is 0. The van der Waals surface area contributed by atoms with Gasteiger partial charge >= 0.3 is 6.09 Å². The number of nitrogens with zero attached hydrogens (tertiary/aromatic N) is 3. The van der Waals surface area contributed by atoms with Crippen molar-refractivity contribution in [3.8, 4) is 11.1 Å². The van der Waals surface area contributed by atoms with Crippen LogP contribution in [0.5, 0.6) is 0 Å². The summed E-state index contributed by atoms with van der Waals surface area (Å²) in [5, 5.41) is 0.0604. The van der Waals surface area contributed by atoms with Crippen molar-refractivity contribution in [1.29, 1.82) is 0 Å². The molecule has 1 amide bonds. The second-order valence-electron chi connectivity index (χ2n) is 8.45. The van der Waals surface area contributed by atoms with Gasteiger partial charge in [-0.05, 0) is 50.7 Å². The monoisotopic (exact) mass is 464 g/mol. The second-order valence-corrected chi connectivity index (χ2v) is 9.49. The molecule has 3 rings (SSSR count). The lowest BCUT2D eigenvalue weighted by molar-refractivity contribution is 0.0483. The first kappa shape index (κ1) is 24.1. The van der Waals surface area contributed by atoms with Crippen LogP contribution in [0, 0.1) is 17.6 Å². The maximum Gasteiger partial charge on any atom is 0.436 e. The van der Waals surface area contributed by atoms with Gasteiger partial charge in [0.15, 0.2) is 5.17 Å². The minimum Gasteiger partial charge on any atom is -0.442 e. The van der Waals surface area contributed by atoms with Crippen LogP contribution in [0.2, 0.25) is 0 Å². The molecule has 2 atom stereocenters. The molecule has 10 heteroatoms. The van der Waals surface area contributed by atoms with E-state index >= 15 is 0 Å². The summed E-state index contributed by atoms with van der Waals surface area (Å²) in [6, 6.07) is 2.42. The Morgan fingerprint density at radius 2 is 2.00 bits per heavy atom. The Labute approximate surface area is 189 Å². The van der Waals surface area contributed by atoms with Gasteiger partial charge in [-0.1, -0.05) is 11.8 Å². The number of aromatic nitrogens is 2. The number of hydrogen-bond donors (Lipinski definition) is 1. The summed E-state index contributed by atoms with van der Waals surface area (Å²) in [6.45, 7) is 6.06. The van der Waals surface area contributed by atoms with Gasteiger partial charge in [-0.15, -0.1) is 0 Å². The molecular formula is C22H26F2N4O3S. The lowest BCUT2D eigenvalue weighted by Gasteiger charge is -2.32. The summed E-state index contributed by atoms with van der Waals surface area (Å²) in [5.74, 6) is -1.16. The Hall–Kier alpha value is -2.59. The third kappa shape index (κ3) is 6.46. The lowest BCUT2D eigenvalue weighted by Crippen LogP contribution is -2.29. The van der Waals surface area contributed by atoms with Crippen molar-refractivity contribution >= 4 is 23.0 Å². The van der Waals surface area contributed by atoms with E-state index in [2.05, 4.69) is 15.0 Å². The smallest absolute Gasteiger partial charge is 0.436 e. The van der Waals surface area contributed by atoms with Crippen LogP contribution in [-0.4, -0.2) is 45.8 Å². The molecule has 32 heavy (non-hydrogen) atoms. The van der Waals surface area contributed by atoms with Crippen molar-refractivity contribution < 1.29 is 23.0 Å². The highest BCUT2D eigenvalue weighted by molar-refractivity contribution is 8.13. The molecule has 1 aromatic heterocycles. The van der Waals surface area contributed by atoms with Gasteiger partial charge in [-0.3, -0.25) is 0 Å². The highest BCUT2D eigenvalue weighted by Crippen LogP contribution is 2.38. The average molecular weight is 465 g/mol. The van der Waals surface area contributed by atoms with Crippen LogP contribution in [0.4, 0.5) is 13.6 Å². The maximum atomic E-state index is 14.8. The van der Waals surface area contributed by atoms with Crippen LogP contribution in [0.3, 0.4) is 0 Å². The van der Waals surface area contributed by atoms with Gasteiger partial charge in [0.25, 0.3) is 0 Å². The molecule has 0 saturated carbocycles. The zero-order valence-electron chi connectivity index (χ0n) is 18.2. The minimum atomic E-state index is -0.766. The number of carbonyl (C=O) groups is 1. The van der Waals surface area contributed by atoms with Crippen LogP contribution < -0.4 is 5.73 Å². The van der Waals surface area contributed by atoms with Crippen LogP contribution in [0.15, 0.2) is 35.8 Å². The summed E-state index contributed by atoms with van der Waals surface area (Å²) in [5.41, 5.74) is 6.32. The van der Waals surface area contributed by atoms with E-state index in [0.717, 1.165) is 6.07 Å². The Morgan fingerprint density at radius 3 is 2.69 bits per heavy atom. The van der Waals surface area contributed by atoms with Crippen LogP contribution in [0.25, 0.3) is 11.1 Å². The topological polar surface area (TPSA) is 99.7 Å². The first-order valence-electron chi connectivity index (χ1n) is 10.2. The molecule has 2 N–H and O–H groups in total. The van der Waals surface area contributed by atoms with Crippen molar-refractivity contribution in [3.63, 3.8) is 0 Å². The molecule has 0 aliphatic carbocycles. The van der Waals surface area contributed by atoms with Crippen molar-refractivity contribution in [3.05, 3.63) is 48.1 Å². The fourth-order valence-corrected chi connectivity index (χ4v) is 4.33. The van der Waals surface area contributed by atoms with E-state index in [9.17, 15) is 13.6 Å². The molecule has 1 aliphatic heterocycles. The molecule has 0 bridgehead atoms. The molecule has 1 aromatic carbocycles. The van der Waals surface area contributed by atoms with E-state index in [1.807, 2.05) is 0 Å². The van der Waals surface area contributed by atoms with Crippen LogP contribution >= 0.6 is 11.8 Å². The standard InChI is InChI=1S/C22H26F2N4O3S/c1-22(2,3)31-21(29)28-20(25)32-11-14-10-30-5-4-15(14)17-6-16(18(23)7-19(17)24)13-8-26-12-27-9-13/h6-9,12,14-15H,4-5,10-11H2,1-3H3,(H2,25,28,29). The summed E-state index contributed by atoms with van der Waals surface area (Å²) < 4.78 is 40.0. The predicted molar refractivity (Wildman–Crippen MR) is 119 cm³/mol. The van der Waals surface area contributed by atoms with E-state index in [1.54, 1.807) is 20.8 Å². The third-order valence-corrected chi connectivity index (χ3v) is 5.85. The van der Waals surface area contributed by atoms with Gasteiger partial charge in [0, 0.05) is 41.9 Å².